The first-order valence-corrected chi connectivity index (χ1v) is 15.0. The van der Waals surface area contributed by atoms with Crippen molar-refractivity contribution in [2.24, 2.45) is 0 Å². The summed E-state index contributed by atoms with van der Waals surface area (Å²) in [5, 5.41) is 3.42. The maximum atomic E-state index is 12.1. The second kappa shape index (κ2) is 10.5. The highest BCUT2D eigenvalue weighted by Crippen LogP contribution is 2.39. The summed E-state index contributed by atoms with van der Waals surface area (Å²) >= 11 is 1.69. The number of piperazine rings is 1. The average Bonchev–Trinajstić information content (AvgIpc) is 3.18. The van der Waals surface area contributed by atoms with Gasteiger partial charge in [0.1, 0.15) is 0 Å². The van der Waals surface area contributed by atoms with Gasteiger partial charge in [0.15, 0.2) is 9.84 Å². The quantitative estimate of drug-likeness (QED) is 0.484. The van der Waals surface area contributed by atoms with Gasteiger partial charge in [0, 0.05) is 79.8 Å². The van der Waals surface area contributed by atoms with Crippen molar-refractivity contribution in [1.82, 2.24) is 25.2 Å². The Labute approximate surface area is 215 Å². The summed E-state index contributed by atoms with van der Waals surface area (Å²) in [7, 11) is -1.78. The number of hydrogen-bond donors (Lipinski definition) is 1. The van der Waals surface area contributed by atoms with Gasteiger partial charge in [-0.05, 0) is 13.0 Å². The van der Waals surface area contributed by atoms with Gasteiger partial charge in [-0.25, -0.2) is 23.4 Å². The summed E-state index contributed by atoms with van der Waals surface area (Å²) < 4.78 is 36.1. The molecule has 194 valence electrons. The van der Waals surface area contributed by atoms with Crippen molar-refractivity contribution in [2.75, 3.05) is 70.7 Å². The van der Waals surface area contributed by atoms with Crippen LogP contribution in [0.5, 0.6) is 5.88 Å². The summed E-state index contributed by atoms with van der Waals surface area (Å²) in [6, 6.07) is 1.84. The molecule has 36 heavy (non-hydrogen) atoms. The van der Waals surface area contributed by atoms with Crippen molar-refractivity contribution in [3.63, 3.8) is 0 Å². The number of nitrogens with one attached hydrogen (secondary N) is 1. The Hall–Kier alpha value is -2.38. The number of sulfone groups is 1. The number of anilines is 1. The predicted octanol–water partition coefficient (Wildman–Crippen LogP) is 1.86. The largest absolute Gasteiger partial charge is 0.481 e. The van der Waals surface area contributed by atoms with Crippen LogP contribution >= 0.6 is 11.3 Å². The van der Waals surface area contributed by atoms with Crippen LogP contribution in [0.25, 0.3) is 21.5 Å². The van der Waals surface area contributed by atoms with Gasteiger partial charge in [-0.2, -0.15) is 0 Å². The van der Waals surface area contributed by atoms with Gasteiger partial charge < -0.3 is 19.7 Å². The summed E-state index contributed by atoms with van der Waals surface area (Å²) in [6.45, 7) is 9.68. The van der Waals surface area contributed by atoms with E-state index < -0.39 is 9.84 Å². The topological polar surface area (TPSA) is 110 Å². The first kappa shape index (κ1) is 25.3. The Balaban J connectivity index is 1.65. The minimum atomic E-state index is -3.28. The maximum absolute atomic E-state index is 12.1. The SMILES string of the molecule is COc1ncc(-c2nc(N3CCOCC3)nc3c(CN4CCNCC4)c(C)sc23)cc1CS(C)(=O)=O. The second-order valence-corrected chi connectivity index (χ2v) is 12.6. The van der Waals surface area contributed by atoms with E-state index in [1.807, 2.05) is 6.07 Å². The predicted molar refractivity (Wildman–Crippen MR) is 142 cm³/mol. The number of morpholine rings is 1. The molecule has 0 atom stereocenters. The normalized spacial score (nSPS) is 17.6. The molecule has 0 unspecified atom stereocenters. The van der Waals surface area contributed by atoms with Crippen LogP contribution in [-0.4, -0.2) is 94.1 Å². The molecule has 12 heteroatoms. The third kappa shape index (κ3) is 5.47. The van der Waals surface area contributed by atoms with Crippen molar-refractivity contribution in [3.8, 4) is 17.1 Å². The van der Waals surface area contributed by atoms with Gasteiger partial charge in [0.2, 0.25) is 11.8 Å². The number of methoxy groups -OCH3 is 1. The average molecular weight is 533 g/mol. The Morgan fingerprint density at radius 2 is 1.92 bits per heavy atom. The minimum Gasteiger partial charge on any atom is -0.481 e. The molecule has 0 aromatic carbocycles. The molecule has 1 N–H and O–H groups in total. The fourth-order valence-corrected chi connectivity index (χ4v) is 6.59. The molecule has 2 saturated heterocycles. The van der Waals surface area contributed by atoms with Crippen LogP contribution in [0.15, 0.2) is 12.3 Å². The van der Waals surface area contributed by atoms with Crippen LogP contribution in [0.4, 0.5) is 5.95 Å². The lowest BCUT2D eigenvalue weighted by Gasteiger charge is -2.28. The van der Waals surface area contributed by atoms with E-state index in [2.05, 4.69) is 27.0 Å². The van der Waals surface area contributed by atoms with Crippen molar-refractivity contribution in [1.29, 1.82) is 0 Å². The number of pyridine rings is 1. The van der Waals surface area contributed by atoms with Crippen molar-refractivity contribution in [2.45, 2.75) is 19.2 Å². The second-order valence-electron chi connectivity index (χ2n) is 9.27. The van der Waals surface area contributed by atoms with E-state index in [0.29, 0.717) is 30.6 Å². The molecule has 3 aromatic heterocycles. The van der Waals surface area contributed by atoms with Crippen molar-refractivity contribution >= 4 is 37.3 Å². The number of nitrogens with zero attached hydrogens (tertiary/aromatic N) is 5. The third-order valence-corrected chi connectivity index (χ3v) is 8.49. The molecule has 5 rings (SSSR count). The Morgan fingerprint density at radius 1 is 1.17 bits per heavy atom. The lowest BCUT2D eigenvalue weighted by molar-refractivity contribution is 0.122. The van der Waals surface area contributed by atoms with Crippen LogP contribution in [0.2, 0.25) is 0 Å². The third-order valence-electron chi connectivity index (χ3n) is 6.51. The molecule has 10 nitrogen and oxygen atoms in total. The zero-order valence-corrected chi connectivity index (χ0v) is 22.5. The van der Waals surface area contributed by atoms with E-state index in [4.69, 9.17) is 19.4 Å². The first-order valence-electron chi connectivity index (χ1n) is 12.1. The van der Waals surface area contributed by atoms with Crippen LogP contribution in [0.1, 0.15) is 16.0 Å². The molecule has 2 aliphatic heterocycles. The smallest absolute Gasteiger partial charge is 0.226 e. The zero-order valence-electron chi connectivity index (χ0n) is 20.9. The summed E-state index contributed by atoms with van der Waals surface area (Å²) in [4.78, 5) is 20.3. The fourth-order valence-electron chi connectivity index (χ4n) is 4.70. The van der Waals surface area contributed by atoms with Gasteiger partial charge in [0.05, 0.1) is 42.0 Å². The molecule has 2 aliphatic rings. The molecule has 0 spiro atoms. The van der Waals surface area contributed by atoms with Crippen LogP contribution in [0.3, 0.4) is 0 Å². The van der Waals surface area contributed by atoms with E-state index in [0.717, 1.165) is 67.3 Å². The summed E-state index contributed by atoms with van der Waals surface area (Å²) in [5.41, 5.74) is 4.24. The highest BCUT2D eigenvalue weighted by atomic mass is 32.2. The first-order chi connectivity index (χ1) is 17.3. The highest BCUT2D eigenvalue weighted by Gasteiger charge is 2.24. The van der Waals surface area contributed by atoms with Crippen LogP contribution in [0, 0.1) is 6.92 Å². The Bertz CT molecular complexity index is 1350. The van der Waals surface area contributed by atoms with E-state index in [1.54, 1.807) is 17.5 Å². The monoisotopic (exact) mass is 532 g/mol. The highest BCUT2D eigenvalue weighted by molar-refractivity contribution is 7.89. The Morgan fingerprint density at radius 3 is 2.61 bits per heavy atom. The van der Waals surface area contributed by atoms with Gasteiger partial charge in [-0.15, -0.1) is 11.3 Å². The molecule has 0 radical (unpaired) electrons. The number of rotatable bonds is 7. The number of aromatic nitrogens is 3. The molecule has 3 aromatic rings. The molecule has 0 saturated carbocycles. The molecule has 0 aliphatic carbocycles. The maximum Gasteiger partial charge on any atom is 0.226 e. The van der Waals surface area contributed by atoms with Crippen molar-refractivity contribution in [3.05, 3.63) is 28.3 Å². The van der Waals surface area contributed by atoms with E-state index in [1.165, 1.54) is 23.8 Å². The number of hydrogen-bond acceptors (Lipinski definition) is 11. The van der Waals surface area contributed by atoms with Gasteiger partial charge in [0.25, 0.3) is 0 Å². The number of thiophene rings is 1. The van der Waals surface area contributed by atoms with Crippen LogP contribution in [-0.2, 0) is 26.9 Å². The van der Waals surface area contributed by atoms with Crippen molar-refractivity contribution < 1.29 is 17.9 Å². The molecular formula is C24H32N6O4S2. The summed E-state index contributed by atoms with van der Waals surface area (Å²) in [6.07, 6.45) is 2.92. The summed E-state index contributed by atoms with van der Waals surface area (Å²) in [5.74, 6) is 0.824. The Kier molecular flexibility index (Phi) is 7.40. The van der Waals surface area contributed by atoms with Crippen LogP contribution < -0.4 is 15.0 Å². The lowest BCUT2D eigenvalue weighted by Crippen LogP contribution is -2.43. The fraction of sp³-hybridized carbons (Fsp3) is 0.542. The molecule has 0 bridgehead atoms. The number of ether oxygens (including phenoxy) is 2. The van der Waals surface area contributed by atoms with Gasteiger partial charge >= 0.3 is 0 Å². The van der Waals surface area contributed by atoms with E-state index in [-0.39, 0.29) is 5.75 Å². The standard InChI is InChI=1S/C24H32N6O4S2/c1-16-19(14-29-6-4-25-5-7-29)21-22(35-16)20(27-24(28-21)30-8-10-34-11-9-30)17-12-18(15-36(3,31)32)23(33-2)26-13-17/h12-13,25H,4-11,14-15H2,1-3H3. The zero-order chi connectivity index (χ0) is 25.3. The molecule has 2 fully saturated rings. The van der Waals surface area contributed by atoms with Gasteiger partial charge in [-0.3, -0.25) is 4.90 Å². The number of fused-ring (bicyclic) bond motifs is 1. The van der Waals surface area contributed by atoms with Gasteiger partial charge in [-0.1, -0.05) is 0 Å². The molecule has 0 amide bonds. The lowest BCUT2D eigenvalue weighted by atomic mass is 10.1. The molecular weight excluding hydrogens is 500 g/mol. The van der Waals surface area contributed by atoms with E-state index in [9.17, 15) is 8.42 Å². The number of aryl methyl sites for hydroxylation is 1. The van der Waals surface area contributed by atoms with E-state index >= 15 is 0 Å². The molecule has 5 heterocycles. The minimum absolute atomic E-state index is 0.153.